The smallest absolute Gasteiger partial charge is 0.255 e. The van der Waals surface area contributed by atoms with Gasteiger partial charge in [0.2, 0.25) is 5.91 Å². The van der Waals surface area contributed by atoms with Crippen molar-refractivity contribution in [1.82, 2.24) is 0 Å². The van der Waals surface area contributed by atoms with E-state index in [0.29, 0.717) is 16.8 Å². The molecule has 2 aromatic carbocycles. The van der Waals surface area contributed by atoms with Gasteiger partial charge in [0.25, 0.3) is 5.91 Å². The van der Waals surface area contributed by atoms with Crippen LogP contribution in [0, 0.1) is 3.57 Å². The molecule has 1 aliphatic rings. The maximum atomic E-state index is 12.6. The molecule has 2 amide bonds. The quantitative estimate of drug-likeness (QED) is 0.701. The third-order valence-electron chi connectivity index (χ3n) is 4.33. The Bertz CT molecular complexity index is 784. The fourth-order valence-electron chi connectivity index (χ4n) is 3.00. The van der Waals surface area contributed by atoms with Crippen molar-refractivity contribution < 1.29 is 9.59 Å². The van der Waals surface area contributed by atoms with E-state index in [4.69, 9.17) is 5.73 Å². The van der Waals surface area contributed by atoms with E-state index in [0.717, 1.165) is 35.2 Å². The summed E-state index contributed by atoms with van der Waals surface area (Å²) in [6.45, 7) is 1.89. The van der Waals surface area contributed by atoms with Crippen LogP contribution in [0.4, 0.5) is 11.4 Å². The van der Waals surface area contributed by atoms with Crippen LogP contribution < -0.4 is 16.0 Å². The molecule has 0 radical (unpaired) electrons. The van der Waals surface area contributed by atoms with Gasteiger partial charge in [0.05, 0.1) is 11.4 Å². The van der Waals surface area contributed by atoms with E-state index in [9.17, 15) is 9.59 Å². The number of anilines is 2. The summed E-state index contributed by atoms with van der Waals surface area (Å²) in [6.07, 6.45) is 3.48. The molecular weight excluding hydrogens is 429 g/mol. The number of halogens is 1. The van der Waals surface area contributed by atoms with E-state index < -0.39 is 5.91 Å². The Morgan fingerprint density at radius 2 is 1.60 bits per heavy atom. The Hall–Kier alpha value is -2.09. The minimum atomic E-state index is -0.505. The number of piperidine rings is 1. The maximum Gasteiger partial charge on any atom is 0.255 e. The molecule has 0 atom stereocenters. The molecule has 3 rings (SSSR count). The van der Waals surface area contributed by atoms with Crippen molar-refractivity contribution in [1.29, 1.82) is 0 Å². The van der Waals surface area contributed by atoms with Crippen LogP contribution in [-0.2, 0) is 0 Å². The Kier molecular flexibility index (Phi) is 5.57. The van der Waals surface area contributed by atoms with E-state index in [1.807, 2.05) is 18.2 Å². The summed E-state index contributed by atoms with van der Waals surface area (Å²) in [6, 6.07) is 12.6. The van der Waals surface area contributed by atoms with Crippen molar-refractivity contribution in [2.24, 2.45) is 5.73 Å². The number of amides is 2. The monoisotopic (exact) mass is 449 g/mol. The van der Waals surface area contributed by atoms with Crippen LogP contribution >= 0.6 is 22.6 Å². The summed E-state index contributed by atoms with van der Waals surface area (Å²) >= 11 is 2.20. The van der Waals surface area contributed by atoms with E-state index in [2.05, 4.69) is 32.8 Å². The van der Waals surface area contributed by atoms with Gasteiger partial charge in [0.15, 0.2) is 0 Å². The first-order chi connectivity index (χ1) is 12.0. The molecule has 1 aliphatic heterocycles. The molecule has 3 N–H and O–H groups in total. The fourth-order valence-corrected chi connectivity index (χ4v) is 3.36. The molecule has 0 saturated carbocycles. The second-order valence-corrected chi connectivity index (χ2v) is 7.35. The highest BCUT2D eigenvalue weighted by molar-refractivity contribution is 14.1. The Morgan fingerprint density at radius 1 is 0.960 bits per heavy atom. The zero-order valence-electron chi connectivity index (χ0n) is 13.8. The van der Waals surface area contributed by atoms with Crippen molar-refractivity contribution in [2.75, 3.05) is 23.3 Å². The molecule has 1 saturated heterocycles. The normalized spacial score (nSPS) is 14.2. The molecule has 130 valence electrons. The van der Waals surface area contributed by atoms with Gasteiger partial charge in [-0.15, -0.1) is 0 Å². The molecule has 0 aliphatic carbocycles. The highest BCUT2D eigenvalue weighted by Gasteiger charge is 2.18. The van der Waals surface area contributed by atoms with Crippen LogP contribution in [-0.4, -0.2) is 24.9 Å². The maximum absolute atomic E-state index is 12.6. The summed E-state index contributed by atoms with van der Waals surface area (Å²) in [7, 11) is 0. The number of benzene rings is 2. The average Bonchev–Trinajstić information content (AvgIpc) is 2.63. The van der Waals surface area contributed by atoms with Gasteiger partial charge in [-0.25, -0.2) is 0 Å². The molecule has 0 aromatic heterocycles. The standard InChI is InChI=1S/C19H20IN3O2/c20-15-7-4-13(5-8-15)19(25)22-16-12-14(18(21)24)6-9-17(16)23-10-2-1-3-11-23/h4-9,12H,1-3,10-11H2,(H2,21,24)(H,22,25). The van der Waals surface area contributed by atoms with Gasteiger partial charge >= 0.3 is 0 Å². The van der Waals surface area contributed by atoms with Crippen LogP contribution in [0.2, 0.25) is 0 Å². The van der Waals surface area contributed by atoms with E-state index in [1.54, 1.807) is 24.3 Å². The molecule has 6 heteroatoms. The predicted octanol–water partition coefficient (Wildman–Crippen LogP) is 3.63. The number of rotatable bonds is 4. The summed E-state index contributed by atoms with van der Waals surface area (Å²) in [4.78, 5) is 26.4. The first-order valence-corrected chi connectivity index (χ1v) is 9.38. The number of nitrogens with two attached hydrogens (primary N) is 1. The largest absolute Gasteiger partial charge is 0.370 e. The van der Waals surface area contributed by atoms with Crippen molar-refractivity contribution in [3.8, 4) is 0 Å². The fraction of sp³-hybridized carbons (Fsp3) is 0.263. The number of carbonyl (C=O) groups excluding carboxylic acids is 2. The second-order valence-electron chi connectivity index (χ2n) is 6.10. The summed E-state index contributed by atoms with van der Waals surface area (Å²) < 4.78 is 1.07. The number of hydrogen-bond acceptors (Lipinski definition) is 3. The second kappa shape index (κ2) is 7.86. The van der Waals surface area contributed by atoms with E-state index >= 15 is 0 Å². The molecular formula is C19H20IN3O2. The Morgan fingerprint density at radius 3 is 2.24 bits per heavy atom. The highest BCUT2D eigenvalue weighted by Crippen LogP contribution is 2.30. The minimum Gasteiger partial charge on any atom is -0.370 e. The van der Waals surface area contributed by atoms with Gasteiger partial charge in [0, 0.05) is 27.8 Å². The third-order valence-corrected chi connectivity index (χ3v) is 5.05. The molecule has 0 unspecified atom stereocenters. The van der Waals surface area contributed by atoms with Crippen molar-refractivity contribution in [3.05, 3.63) is 57.2 Å². The van der Waals surface area contributed by atoms with Crippen molar-refractivity contribution >= 4 is 45.8 Å². The summed E-state index contributed by atoms with van der Waals surface area (Å²) in [5.74, 6) is -0.703. The molecule has 1 heterocycles. The molecule has 5 nitrogen and oxygen atoms in total. The van der Waals surface area contributed by atoms with E-state index in [1.165, 1.54) is 6.42 Å². The van der Waals surface area contributed by atoms with Gasteiger partial charge in [-0.1, -0.05) is 0 Å². The lowest BCUT2D eigenvalue weighted by molar-refractivity contribution is 0.0996. The zero-order chi connectivity index (χ0) is 17.8. The minimum absolute atomic E-state index is 0.198. The third kappa shape index (κ3) is 4.31. The van der Waals surface area contributed by atoms with Gasteiger partial charge in [0.1, 0.15) is 0 Å². The number of nitrogens with one attached hydrogen (secondary N) is 1. The van der Waals surface area contributed by atoms with Crippen LogP contribution in [0.1, 0.15) is 40.0 Å². The van der Waals surface area contributed by atoms with Crippen molar-refractivity contribution in [3.63, 3.8) is 0 Å². The van der Waals surface area contributed by atoms with Crippen LogP contribution in [0.5, 0.6) is 0 Å². The lowest BCUT2D eigenvalue weighted by Crippen LogP contribution is -2.30. The lowest BCUT2D eigenvalue weighted by Gasteiger charge is -2.30. The number of nitrogens with zero attached hydrogens (tertiary/aromatic N) is 1. The first-order valence-electron chi connectivity index (χ1n) is 8.30. The molecule has 25 heavy (non-hydrogen) atoms. The average molecular weight is 449 g/mol. The molecule has 2 aromatic rings. The topological polar surface area (TPSA) is 75.4 Å². The van der Waals surface area contributed by atoms with E-state index in [-0.39, 0.29) is 5.91 Å². The van der Waals surface area contributed by atoms with Gasteiger partial charge in [-0.2, -0.15) is 0 Å². The molecule has 1 fully saturated rings. The summed E-state index contributed by atoms with van der Waals surface area (Å²) in [5.41, 5.74) is 7.93. The van der Waals surface area contributed by atoms with Gasteiger partial charge < -0.3 is 16.0 Å². The lowest BCUT2D eigenvalue weighted by atomic mass is 10.1. The first kappa shape index (κ1) is 17.7. The molecule has 0 bridgehead atoms. The predicted molar refractivity (Wildman–Crippen MR) is 108 cm³/mol. The van der Waals surface area contributed by atoms with Crippen LogP contribution in [0.3, 0.4) is 0 Å². The van der Waals surface area contributed by atoms with Gasteiger partial charge in [-0.3, -0.25) is 9.59 Å². The highest BCUT2D eigenvalue weighted by atomic mass is 127. The number of primary amides is 1. The Labute approximate surface area is 160 Å². The SMILES string of the molecule is NC(=O)c1ccc(N2CCCCC2)c(NC(=O)c2ccc(I)cc2)c1. The van der Waals surface area contributed by atoms with Gasteiger partial charge in [-0.05, 0) is 84.3 Å². The Balaban J connectivity index is 1.91. The number of hydrogen-bond donors (Lipinski definition) is 2. The molecule has 0 spiro atoms. The number of carbonyl (C=O) groups is 2. The summed E-state index contributed by atoms with van der Waals surface area (Å²) in [5, 5.41) is 2.95. The zero-order valence-corrected chi connectivity index (χ0v) is 16.0. The van der Waals surface area contributed by atoms with Crippen LogP contribution in [0.25, 0.3) is 0 Å². The van der Waals surface area contributed by atoms with Crippen LogP contribution in [0.15, 0.2) is 42.5 Å². The van der Waals surface area contributed by atoms with Crippen molar-refractivity contribution in [2.45, 2.75) is 19.3 Å².